The Labute approximate surface area is 129 Å². The number of hydrogen-bond acceptors (Lipinski definition) is 4. The Bertz CT molecular complexity index is 625. The average Bonchev–Trinajstić information content (AvgIpc) is 3.11. The van der Waals surface area contributed by atoms with Gasteiger partial charge in [0.15, 0.2) is 0 Å². The third kappa shape index (κ3) is 2.38. The van der Waals surface area contributed by atoms with Crippen LogP contribution in [0.4, 0.5) is 5.69 Å². The van der Waals surface area contributed by atoms with Gasteiger partial charge in [0.2, 0.25) is 5.69 Å². The van der Waals surface area contributed by atoms with Crippen LogP contribution in [0.2, 0.25) is 0 Å². The molecule has 2 saturated carbocycles. The van der Waals surface area contributed by atoms with E-state index >= 15 is 0 Å². The number of carbonyl (C=O) groups excluding carboxylic acids is 1. The zero-order valence-electron chi connectivity index (χ0n) is 13.2. The number of nitrogens with one attached hydrogen (secondary N) is 1. The molecule has 0 aliphatic heterocycles. The van der Waals surface area contributed by atoms with Crippen LogP contribution in [0, 0.1) is 34.8 Å². The molecule has 1 amide bonds. The maximum atomic E-state index is 12.5. The molecule has 0 spiro atoms. The molecule has 1 aromatic heterocycles. The molecule has 2 fully saturated rings. The smallest absolute Gasteiger partial charge is 0.322 e. The number of fused-ring (bicyclic) bond motifs is 2. The molecule has 3 rings (SSSR count). The van der Waals surface area contributed by atoms with Crippen molar-refractivity contribution in [3.8, 4) is 0 Å². The van der Waals surface area contributed by atoms with Crippen molar-refractivity contribution in [2.24, 2.45) is 24.8 Å². The van der Waals surface area contributed by atoms with Gasteiger partial charge in [-0.15, -0.1) is 0 Å². The first-order valence-electron chi connectivity index (χ1n) is 7.87. The quantitative estimate of drug-likeness (QED) is 0.682. The Morgan fingerprint density at radius 3 is 2.73 bits per heavy atom. The van der Waals surface area contributed by atoms with Gasteiger partial charge in [0.05, 0.1) is 4.92 Å². The van der Waals surface area contributed by atoms with Gasteiger partial charge in [-0.1, -0.05) is 6.42 Å². The number of amides is 1. The molecule has 0 aromatic carbocycles. The lowest BCUT2D eigenvalue weighted by Crippen LogP contribution is -2.41. The molecule has 7 heteroatoms. The van der Waals surface area contributed by atoms with Crippen molar-refractivity contribution in [1.82, 2.24) is 15.1 Å². The van der Waals surface area contributed by atoms with Gasteiger partial charge in [-0.3, -0.25) is 19.6 Å². The van der Waals surface area contributed by atoms with Crippen LogP contribution in [0.1, 0.15) is 48.8 Å². The molecule has 4 atom stereocenters. The minimum absolute atomic E-state index is 0.0394. The molecule has 0 saturated heterocycles. The molecule has 1 aromatic rings. The molecule has 1 N–H and O–H groups in total. The van der Waals surface area contributed by atoms with Crippen molar-refractivity contribution in [3.05, 3.63) is 21.5 Å². The van der Waals surface area contributed by atoms with Crippen LogP contribution in [0.3, 0.4) is 0 Å². The lowest BCUT2D eigenvalue weighted by molar-refractivity contribution is -0.385. The highest BCUT2D eigenvalue weighted by molar-refractivity contribution is 5.97. The molecule has 2 bridgehead atoms. The second-order valence-corrected chi connectivity index (χ2v) is 6.76. The lowest BCUT2D eigenvalue weighted by Gasteiger charge is -2.28. The van der Waals surface area contributed by atoms with E-state index in [4.69, 9.17) is 0 Å². The van der Waals surface area contributed by atoms with E-state index < -0.39 is 10.8 Å². The van der Waals surface area contributed by atoms with Crippen LogP contribution in [0.5, 0.6) is 0 Å². The summed E-state index contributed by atoms with van der Waals surface area (Å²) < 4.78 is 1.30. The topological polar surface area (TPSA) is 90.1 Å². The molecule has 2 aliphatic rings. The third-order valence-electron chi connectivity index (χ3n) is 5.38. The van der Waals surface area contributed by atoms with Gasteiger partial charge in [0.1, 0.15) is 5.69 Å². The highest BCUT2D eigenvalue weighted by Gasteiger charge is 2.42. The summed E-state index contributed by atoms with van der Waals surface area (Å²) in [5, 5.41) is 18.2. The molecule has 0 radical (unpaired) electrons. The van der Waals surface area contributed by atoms with Gasteiger partial charge in [0, 0.05) is 13.1 Å². The summed E-state index contributed by atoms with van der Waals surface area (Å²) in [5.74, 6) is 1.60. The van der Waals surface area contributed by atoms with Crippen LogP contribution in [-0.4, -0.2) is 26.7 Å². The minimum Gasteiger partial charge on any atom is -0.348 e. The standard InChI is InChI=1S/C15H22N4O3/c1-8(12-7-10-4-5-11(12)6-10)16-15(20)14-13(19(21)22)9(2)17-18(14)3/h8,10-12H,4-7H2,1-3H3,(H,16,20)/t8-,10+,11+,12+/m1/s1. The van der Waals surface area contributed by atoms with Crippen molar-refractivity contribution in [2.45, 2.75) is 45.6 Å². The number of aromatic nitrogens is 2. The first-order chi connectivity index (χ1) is 10.4. The van der Waals surface area contributed by atoms with Crippen molar-refractivity contribution >= 4 is 11.6 Å². The van der Waals surface area contributed by atoms with Crippen LogP contribution < -0.4 is 5.32 Å². The number of nitro groups is 1. The zero-order valence-corrected chi connectivity index (χ0v) is 13.2. The van der Waals surface area contributed by atoms with E-state index in [-0.39, 0.29) is 23.1 Å². The Morgan fingerprint density at radius 1 is 1.45 bits per heavy atom. The van der Waals surface area contributed by atoms with Crippen LogP contribution >= 0.6 is 0 Å². The normalized spacial score (nSPS) is 27.9. The summed E-state index contributed by atoms with van der Waals surface area (Å²) in [6, 6.07) is 0.0395. The minimum atomic E-state index is -0.528. The SMILES string of the molecule is Cc1nn(C)c(C(=O)N[C@H](C)[C@@H]2C[C@H]3CC[C@H]2C3)c1[N+](=O)[O-]. The maximum Gasteiger partial charge on any atom is 0.322 e. The van der Waals surface area contributed by atoms with Crippen molar-refractivity contribution in [3.63, 3.8) is 0 Å². The molecule has 1 heterocycles. The summed E-state index contributed by atoms with van der Waals surface area (Å²) in [6.45, 7) is 3.56. The summed E-state index contributed by atoms with van der Waals surface area (Å²) >= 11 is 0. The number of rotatable bonds is 4. The summed E-state index contributed by atoms with van der Waals surface area (Å²) in [6.07, 6.45) is 5.00. The molecular weight excluding hydrogens is 284 g/mol. The highest BCUT2D eigenvalue weighted by atomic mass is 16.6. The molecule has 2 aliphatic carbocycles. The van der Waals surface area contributed by atoms with E-state index in [1.807, 2.05) is 6.92 Å². The van der Waals surface area contributed by atoms with E-state index in [0.717, 1.165) is 5.92 Å². The fourth-order valence-corrected chi connectivity index (χ4v) is 4.41. The third-order valence-corrected chi connectivity index (χ3v) is 5.38. The number of aryl methyl sites for hydroxylation is 2. The summed E-state index contributed by atoms with van der Waals surface area (Å²) in [4.78, 5) is 23.2. The van der Waals surface area contributed by atoms with Crippen molar-refractivity contribution in [2.75, 3.05) is 0 Å². The first kappa shape index (κ1) is 15.0. The second-order valence-electron chi connectivity index (χ2n) is 6.76. The zero-order chi connectivity index (χ0) is 16.0. The van der Waals surface area contributed by atoms with Crippen molar-refractivity contribution in [1.29, 1.82) is 0 Å². The molecule has 0 unspecified atom stereocenters. The first-order valence-corrected chi connectivity index (χ1v) is 7.87. The fourth-order valence-electron chi connectivity index (χ4n) is 4.41. The van der Waals surface area contributed by atoms with E-state index in [1.54, 1.807) is 14.0 Å². The predicted octanol–water partition coefficient (Wildman–Crippen LogP) is 2.19. The molecule has 7 nitrogen and oxygen atoms in total. The van der Waals surface area contributed by atoms with Gasteiger partial charge in [0.25, 0.3) is 5.91 Å². The monoisotopic (exact) mass is 306 g/mol. The maximum absolute atomic E-state index is 12.5. The Balaban J connectivity index is 1.76. The van der Waals surface area contributed by atoms with E-state index in [1.165, 1.54) is 30.4 Å². The van der Waals surface area contributed by atoms with Gasteiger partial charge >= 0.3 is 5.69 Å². The van der Waals surface area contributed by atoms with Gasteiger partial charge < -0.3 is 5.32 Å². The Morgan fingerprint density at radius 2 is 2.18 bits per heavy atom. The van der Waals surface area contributed by atoms with Crippen LogP contribution in [-0.2, 0) is 7.05 Å². The van der Waals surface area contributed by atoms with Crippen LogP contribution in [0.25, 0.3) is 0 Å². The lowest BCUT2D eigenvalue weighted by atomic mass is 9.84. The van der Waals surface area contributed by atoms with Crippen molar-refractivity contribution < 1.29 is 9.72 Å². The van der Waals surface area contributed by atoms with E-state index in [2.05, 4.69) is 10.4 Å². The highest BCUT2D eigenvalue weighted by Crippen LogP contribution is 2.49. The molecular formula is C15H22N4O3. The van der Waals surface area contributed by atoms with Gasteiger partial charge in [-0.05, 0) is 50.9 Å². The summed E-state index contributed by atoms with van der Waals surface area (Å²) in [5.41, 5.74) is 0.114. The summed E-state index contributed by atoms with van der Waals surface area (Å²) in [7, 11) is 1.57. The second kappa shape index (κ2) is 5.37. The Hall–Kier alpha value is -1.92. The fraction of sp³-hybridized carbons (Fsp3) is 0.733. The van der Waals surface area contributed by atoms with Gasteiger partial charge in [-0.2, -0.15) is 5.10 Å². The predicted molar refractivity (Wildman–Crippen MR) is 80.5 cm³/mol. The van der Waals surface area contributed by atoms with Crippen LogP contribution in [0.15, 0.2) is 0 Å². The number of carbonyl (C=O) groups is 1. The Kier molecular flexibility index (Phi) is 3.66. The largest absolute Gasteiger partial charge is 0.348 e. The molecule has 120 valence electrons. The number of hydrogen-bond donors (Lipinski definition) is 1. The number of nitrogens with zero attached hydrogens (tertiary/aromatic N) is 3. The van der Waals surface area contributed by atoms with E-state index in [0.29, 0.717) is 11.8 Å². The van der Waals surface area contributed by atoms with Gasteiger partial charge in [-0.25, -0.2) is 0 Å². The van der Waals surface area contributed by atoms with E-state index in [9.17, 15) is 14.9 Å². The average molecular weight is 306 g/mol. The molecule has 22 heavy (non-hydrogen) atoms.